The van der Waals surface area contributed by atoms with Crippen LogP contribution in [0, 0.1) is 0 Å². The highest BCUT2D eigenvalue weighted by atomic mass is 32.2. The summed E-state index contributed by atoms with van der Waals surface area (Å²) in [7, 11) is -3.59. The summed E-state index contributed by atoms with van der Waals surface area (Å²) in [4.78, 5) is 11.9. The van der Waals surface area contributed by atoms with Gasteiger partial charge in [-0.2, -0.15) is 13.2 Å². The predicted octanol–water partition coefficient (Wildman–Crippen LogP) is 2.72. The molecule has 2 N–H and O–H groups in total. The van der Waals surface area contributed by atoms with Crippen molar-refractivity contribution in [3.05, 3.63) is 65.7 Å². The first kappa shape index (κ1) is 20.9. The molecule has 2 aromatic rings. The van der Waals surface area contributed by atoms with Crippen molar-refractivity contribution in [2.24, 2.45) is 0 Å². The fourth-order valence-electron chi connectivity index (χ4n) is 2.28. The number of benzene rings is 2. The number of hydrogen-bond acceptors (Lipinski definition) is 4. The minimum absolute atomic E-state index is 0.114. The monoisotopic (exact) mass is 401 g/mol. The third kappa shape index (κ3) is 6.07. The summed E-state index contributed by atoms with van der Waals surface area (Å²) in [5.41, 5.74) is -0.631. The first-order chi connectivity index (χ1) is 12.6. The zero-order valence-corrected chi connectivity index (χ0v) is 14.9. The Labute approximate surface area is 154 Å². The number of alkyl halides is 3. The molecule has 0 aromatic heterocycles. The largest absolute Gasteiger partial charge is 0.416 e. The Morgan fingerprint density at radius 2 is 1.63 bits per heavy atom. The van der Waals surface area contributed by atoms with Crippen LogP contribution in [0.5, 0.6) is 0 Å². The van der Waals surface area contributed by atoms with E-state index in [-0.39, 0.29) is 29.2 Å². The number of aliphatic hydroxyl groups is 1. The highest BCUT2D eigenvalue weighted by Gasteiger charge is 2.30. The average molecular weight is 401 g/mol. The fourth-order valence-corrected chi connectivity index (χ4v) is 3.55. The van der Waals surface area contributed by atoms with E-state index in [4.69, 9.17) is 0 Å². The summed E-state index contributed by atoms with van der Waals surface area (Å²) in [5, 5.41) is 12.3. The lowest BCUT2D eigenvalue weighted by atomic mass is 10.1. The van der Waals surface area contributed by atoms with Crippen LogP contribution in [0.25, 0.3) is 0 Å². The van der Waals surface area contributed by atoms with Crippen molar-refractivity contribution in [1.29, 1.82) is 0 Å². The van der Waals surface area contributed by atoms with E-state index >= 15 is 0 Å². The maximum Gasteiger partial charge on any atom is 0.416 e. The Morgan fingerprint density at radius 3 is 2.19 bits per heavy atom. The number of rotatable bonds is 7. The number of hydrogen-bond donors (Lipinski definition) is 2. The van der Waals surface area contributed by atoms with Crippen molar-refractivity contribution in [2.45, 2.75) is 23.6 Å². The maximum atomic E-state index is 12.5. The SMILES string of the molecule is O=C(CCS(=O)(=O)c1ccccc1)NCC(O)c1ccc(C(F)(F)F)cc1. The van der Waals surface area contributed by atoms with Crippen molar-refractivity contribution in [3.8, 4) is 0 Å². The summed E-state index contributed by atoms with van der Waals surface area (Å²) in [6.45, 7) is -0.240. The molecule has 2 aromatic carbocycles. The second-order valence-corrected chi connectivity index (χ2v) is 7.93. The van der Waals surface area contributed by atoms with Gasteiger partial charge in [-0.05, 0) is 29.8 Å². The van der Waals surface area contributed by atoms with Crippen LogP contribution in [0.3, 0.4) is 0 Å². The van der Waals surface area contributed by atoms with Gasteiger partial charge in [-0.1, -0.05) is 30.3 Å². The lowest BCUT2D eigenvalue weighted by Crippen LogP contribution is -2.29. The molecule has 146 valence electrons. The van der Waals surface area contributed by atoms with Crippen LogP contribution in [0.2, 0.25) is 0 Å². The number of carbonyl (C=O) groups excluding carboxylic acids is 1. The van der Waals surface area contributed by atoms with Crippen molar-refractivity contribution >= 4 is 15.7 Å². The van der Waals surface area contributed by atoms with Crippen LogP contribution in [0.4, 0.5) is 13.2 Å². The van der Waals surface area contributed by atoms with Gasteiger partial charge >= 0.3 is 6.18 Å². The number of carbonyl (C=O) groups is 1. The summed E-state index contributed by atoms with van der Waals surface area (Å²) in [6, 6.07) is 11.6. The van der Waals surface area contributed by atoms with Crippen molar-refractivity contribution in [1.82, 2.24) is 5.32 Å². The molecule has 0 aliphatic rings. The van der Waals surface area contributed by atoms with Gasteiger partial charge in [0.2, 0.25) is 5.91 Å². The molecule has 0 radical (unpaired) electrons. The van der Waals surface area contributed by atoms with Gasteiger partial charge in [0.05, 0.1) is 22.3 Å². The van der Waals surface area contributed by atoms with Crippen LogP contribution in [0.1, 0.15) is 23.7 Å². The molecule has 1 unspecified atom stereocenters. The number of amides is 1. The molecule has 2 rings (SSSR count). The molecular formula is C18H18F3NO4S. The molecular weight excluding hydrogens is 383 g/mol. The van der Waals surface area contributed by atoms with Gasteiger partial charge in [0.1, 0.15) is 0 Å². The summed E-state index contributed by atoms with van der Waals surface area (Å²) >= 11 is 0. The Hall–Kier alpha value is -2.39. The molecule has 1 atom stereocenters. The smallest absolute Gasteiger partial charge is 0.387 e. The minimum atomic E-state index is -4.47. The molecule has 5 nitrogen and oxygen atoms in total. The lowest BCUT2D eigenvalue weighted by Gasteiger charge is -2.14. The second-order valence-electron chi connectivity index (χ2n) is 5.82. The number of halogens is 3. The molecule has 27 heavy (non-hydrogen) atoms. The van der Waals surface area contributed by atoms with Crippen LogP contribution in [-0.2, 0) is 20.8 Å². The van der Waals surface area contributed by atoms with Crippen molar-refractivity contribution in [3.63, 3.8) is 0 Å². The van der Waals surface area contributed by atoms with Gasteiger partial charge in [-0.25, -0.2) is 8.42 Å². The number of nitrogens with one attached hydrogen (secondary N) is 1. The average Bonchev–Trinajstić information content (AvgIpc) is 2.64. The quantitative estimate of drug-likeness (QED) is 0.747. The standard InChI is InChI=1S/C18H18F3NO4S/c19-18(20,21)14-8-6-13(7-9-14)16(23)12-22-17(24)10-11-27(25,26)15-4-2-1-3-5-15/h1-9,16,23H,10-12H2,(H,22,24). The molecule has 0 saturated heterocycles. The molecule has 0 spiro atoms. The zero-order valence-electron chi connectivity index (χ0n) is 14.1. The van der Waals surface area contributed by atoms with Crippen molar-refractivity contribution < 1.29 is 31.5 Å². The lowest BCUT2D eigenvalue weighted by molar-refractivity contribution is -0.137. The van der Waals surface area contributed by atoms with Crippen LogP contribution in [0.15, 0.2) is 59.5 Å². The van der Waals surface area contributed by atoms with E-state index in [1.807, 2.05) is 0 Å². The minimum Gasteiger partial charge on any atom is -0.387 e. The molecule has 0 aliphatic heterocycles. The highest BCUT2D eigenvalue weighted by molar-refractivity contribution is 7.91. The Morgan fingerprint density at radius 1 is 1.04 bits per heavy atom. The Balaban J connectivity index is 1.84. The number of sulfone groups is 1. The predicted molar refractivity (Wildman–Crippen MR) is 92.5 cm³/mol. The third-order valence-corrected chi connectivity index (χ3v) is 5.55. The van der Waals surface area contributed by atoms with E-state index in [1.165, 1.54) is 12.1 Å². The van der Waals surface area contributed by atoms with E-state index in [9.17, 15) is 31.5 Å². The first-order valence-electron chi connectivity index (χ1n) is 7.99. The molecule has 0 heterocycles. The Bertz CT molecular complexity index is 866. The van der Waals surface area contributed by atoms with Crippen LogP contribution < -0.4 is 5.32 Å². The molecule has 0 saturated carbocycles. The fraction of sp³-hybridized carbons (Fsp3) is 0.278. The molecule has 9 heteroatoms. The van der Waals surface area contributed by atoms with E-state index in [0.717, 1.165) is 24.3 Å². The van der Waals surface area contributed by atoms with E-state index in [0.29, 0.717) is 0 Å². The normalized spacial score (nSPS) is 13.2. The van der Waals surface area contributed by atoms with Gasteiger partial charge in [0, 0.05) is 13.0 Å². The van der Waals surface area contributed by atoms with Crippen LogP contribution >= 0.6 is 0 Å². The summed E-state index contributed by atoms with van der Waals surface area (Å²) < 4.78 is 61.7. The zero-order chi connectivity index (χ0) is 20.1. The first-order valence-corrected chi connectivity index (χ1v) is 9.64. The highest BCUT2D eigenvalue weighted by Crippen LogP contribution is 2.29. The van der Waals surface area contributed by atoms with Crippen molar-refractivity contribution in [2.75, 3.05) is 12.3 Å². The van der Waals surface area contributed by atoms with Gasteiger partial charge < -0.3 is 10.4 Å². The summed E-state index contributed by atoms with van der Waals surface area (Å²) in [6.07, 6.45) is -5.97. The molecule has 1 amide bonds. The van der Waals surface area contributed by atoms with E-state index < -0.39 is 33.6 Å². The topological polar surface area (TPSA) is 83.5 Å². The van der Waals surface area contributed by atoms with Gasteiger partial charge in [0.25, 0.3) is 0 Å². The number of aliphatic hydroxyl groups excluding tert-OH is 1. The van der Waals surface area contributed by atoms with Gasteiger partial charge in [-0.15, -0.1) is 0 Å². The third-order valence-electron chi connectivity index (χ3n) is 3.82. The summed E-state index contributed by atoms with van der Waals surface area (Å²) in [5.74, 6) is -0.973. The molecule has 0 bridgehead atoms. The van der Waals surface area contributed by atoms with E-state index in [1.54, 1.807) is 18.2 Å². The second kappa shape index (κ2) is 8.53. The molecule has 0 fully saturated rings. The Kier molecular flexibility index (Phi) is 6.61. The van der Waals surface area contributed by atoms with Gasteiger partial charge in [-0.3, -0.25) is 4.79 Å². The van der Waals surface area contributed by atoms with Crippen LogP contribution in [-0.4, -0.2) is 31.7 Å². The molecule has 0 aliphatic carbocycles. The van der Waals surface area contributed by atoms with Gasteiger partial charge in [0.15, 0.2) is 9.84 Å². The maximum absolute atomic E-state index is 12.5. The van der Waals surface area contributed by atoms with E-state index in [2.05, 4.69) is 5.32 Å².